The number of carbonyl (C=O) groups is 6. The highest BCUT2D eigenvalue weighted by Crippen LogP contribution is 2.41. The minimum Gasteiger partial charge on any atom is -0.480 e. The van der Waals surface area contributed by atoms with Gasteiger partial charge in [0.25, 0.3) is 11.8 Å². The van der Waals surface area contributed by atoms with E-state index >= 15 is 0 Å². The number of fused-ring (bicyclic) bond motifs is 1. The van der Waals surface area contributed by atoms with Gasteiger partial charge in [-0.15, -0.1) is 0 Å². The first-order valence-corrected chi connectivity index (χ1v) is 12.7. The maximum Gasteiger partial charge on any atom is 0.471 e. The number of carboxylic acids is 2. The number of sulfone groups is 1. The van der Waals surface area contributed by atoms with E-state index in [1.54, 1.807) is 0 Å². The van der Waals surface area contributed by atoms with Crippen molar-refractivity contribution in [1.29, 1.82) is 0 Å². The summed E-state index contributed by atoms with van der Waals surface area (Å²) in [5, 5.41) is 17.8. The van der Waals surface area contributed by atoms with Crippen LogP contribution in [0.25, 0.3) is 0 Å². The summed E-state index contributed by atoms with van der Waals surface area (Å²) in [7, 11) is -4.78. The molecule has 40 heavy (non-hydrogen) atoms. The third kappa shape index (κ3) is 5.90. The molecule has 1 saturated heterocycles. The summed E-state index contributed by atoms with van der Waals surface area (Å²) in [6.07, 6.45) is -6.01. The van der Waals surface area contributed by atoms with E-state index in [0.29, 0.717) is 0 Å². The predicted molar refractivity (Wildman–Crippen MR) is 123 cm³/mol. The summed E-state index contributed by atoms with van der Waals surface area (Å²) in [5.41, 5.74) is -1.32. The first-order valence-electron chi connectivity index (χ1n) is 11.1. The summed E-state index contributed by atoms with van der Waals surface area (Å²) in [5.74, 6) is -8.89. The lowest BCUT2D eigenvalue weighted by Gasteiger charge is -2.51. The van der Waals surface area contributed by atoms with Crippen LogP contribution in [-0.4, -0.2) is 95.2 Å². The molecule has 2 aliphatic heterocycles. The number of benzene rings is 1. The molecule has 216 valence electrons. The van der Waals surface area contributed by atoms with Gasteiger partial charge in [0, 0.05) is 18.1 Å². The first-order chi connectivity index (χ1) is 18.5. The standard InChI is InChI=1S/C22H20F3N3O11S/c1-9(29)39-8-12-13(6-10-2-4-11(5-3-10)17(32)26-7-14(30)31)40(37,38)19-15(27-21(36)22(23,24)25)18(33)28(19)16(12)20(34)35/h2-5,13,15,19H,6-8H2,1H3,(H,26,32)(H,27,36)(H,30,31)(H,34,35)/t13?,15-,19+/m0/s1. The highest BCUT2D eigenvalue weighted by atomic mass is 32.2. The van der Waals surface area contributed by atoms with Crippen molar-refractivity contribution in [1.82, 2.24) is 15.5 Å². The summed E-state index contributed by atoms with van der Waals surface area (Å²) < 4.78 is 70.4. The Morgan fingerprint density at radius 2 is 1.68 bits per heavy atom. The molecule has 18 heteroatoms. The van der Waals surface area contributed by atoms with Gasteiger partial charge in [-0.05, 0) is 24.1 Å². The van der Waals surface area contributed by atoms with Gasteiger partial charge in [0.2, 0.25) is 0 Å². The van der Waals surface area contributed by atoms with Crippen LogP contribution in [0.15, 0.2) is 35.5 Å². The Kier molecular flexibility index (Phi) is 8.23. The number of aliphatic carboxylic acids is 2. The molecule has 0 spiro atoms. The molecule has 0 aromatic heterocycles. The third-order valence-corrected chi connectivity index (χ3v) is 8.33. The van der Waals surface area contributed by atoms with Crippen molar-refractivity contribution >= 4 is 45.5 Å². The van der Waals surface area contributed by atoms with Crippen LogP contribution in [0.4, 0.5) is 13.2 Å². The van der Waals surface area contributed by atoms with Crippen molar-refractivity contribution in [2.75, 3.05) is 13.2 Å². The van der Waals surface area contributed by atoms with E-state index in [-0.39, 0.29) is 16.0 Å². The lowest BCUT2D eigenvalue weighted by molar-refractivity contribution is -0.177. The van der Waals surface area contributed by atoms with Crippen LogP contribution in [0.1, 0.15) is 22.8 Å². The number of carboxylic acid groups (broad SMARTS) is 2. The van der Waals surface area contributed by atoms with Gasteiger partial charge < -0.3 is 25.6 Å². The highest BCUT2D eigenvalue weighted by molar-refractivity contribution is 7.93. The van der Waals surface area contributed by atoms with E-state index in [4.69, 9.17) is 9.84 Å². The molecule has 2 heterocycles. The molecule has 0 saturated carbocycles. The van der Waals surface area contributed by atoms with Crippen molar-refractivity contribution in [2.24, 2.45) is 0 Å². The Bertz CT molecular complexity index is 1420. The molecule has 1 fully saturated rings. The number of hydrogen-bond acceptors (Lipinski definition) is 9. The van der Waals surface area contributed by atoms with Gasteiger partial charge in [0.05, 0.1) is 5.25 Å². The van der Waals surface area contributed by atoms with Crippen molar-refractivity contribution < 1.29 is 65.3 Å². The third-order valence-electron chi connectivity index (χ3n) is 5.92. The molecule has 14 nitrogen and oxygen atoms in total. The molecule has 3 amide bonds. The number of hydrogen-bond donors (Lipinski definition) is 4. The second kappa shape index (κ2) is 10.9. The minimum absolute atomic E-state index is 0.0101. The van der Waals surface area contributed by atoms with E-state index in [1.807, 2.05) is 0 Å². The number of carbonyl (C=O) groups excluding carboxylic acids is 4. The summed E-state index contributed by atoms with van der Waals surface area (Å²) in [6, 6.07) is 2.70. The van der Waals surface area contributed by atoms with E-state index in [9.17, 15) is 55.5 Å². The van der Waals surface area contributed by atoms with Crippen LogP contribution in [0.3, 0.4) is 0 Å². The lowest BCUT2D eigenvalue weighted by atomic mass is 9.97. The van der Waals surface area contributed by atoms with Crippen LogP contribution in [0, 0.1) is 0 Å². The molecule has 0 aliphatic carbocycles. The smallest absolute Gasteiger partial charge is 0.471 e. The molecule has 1 unspecified atom stereocenters. The number of esters is 1. The second-order valence-electron chi connectivity index (χ2n) is 8.56. The first kappa shape index (κ1) is 30.1. The maximum atomic E-state index is 13.6. The Labute approximate surface area is 222 Å². The molecule has 2 aliphatic rings. The normalized spacial score (nSPS) is 21.6. The number of nitrogens with one attached hydrogen (secondary N) is 2. The van der Waals surface area contributed by atoms with Crippen molar-refractivity contribution in [3.05, 3.63) is 46.7 Å². The van der Waals surface area contributed by atoms with Crippen LogP contribution in [0.5, 0.6) is 0 Å². The summed E-state index contributed by atoms with van der Waals surface area (Å²) in [6.45, 7) is -0.625. The van der Waals surface area contributed by atoms with Crippen molar-refractivity contribution in [2.45, 2.75) is 36.2 Å². The Morgan fingerprint density at radius 1 is 1.07 bits per heavy atom. The van der Waals surface area contributed by atoms with Gasteiger partial charge >= 0.3 is 30.0 Å². The SMILES string of the molecule is CC(=O)OCC1=C(C(=O)O)N2C(=O)[C@H](NC(=O)C(F)(F)F)[C@H]2S(=O)(=O)C1Cc1ccc(C(=O)NCC(=O)O)cc1. The minimum atomic E-state index is -5.47. The van der Waals surface area contributed by atoms with Gasteiger partial charge in [-0.3, -0.25) is 28.9 Å². The molecule has 1 aromatic carbocycles. The Hall–Kier alpha value is -4.48. The molecule has 0 bridgehead atoms. The fraction of sp³-hybridized carbons (Fsp3) is 0.364. The average Bonchev–Trinajstić information content (AvgIpc) is 2.85. The van der Waals surface area contributed by atoms with Crippen molar-refractivity contribution in [3.63, 3.8) is 0 Å². The highest BCUT2D eigenvalue weighted by Gasteiger charge is 2.64. The summed E-state index contributed by atoms with van der Waals surface area (Å²) >= 11 is 0. The zero-order valence-electron chi connectivity index (χ0n) is 20.2. The number of nitrogens with zero attached hydrogens (tertiary/aromatic N) is 1. The summed E-state index contributed by atoms with van der Waals surface area (Å²) in [4.78, 5) is 70.5. The lowest BCUT2D eigenvalue weighted by Crippen LogP contribution is -2.76. The van der Waals surface area contributed by atoms with Gasteiger partial charge in [-0.25, -0.2) is 13.2 Å². The molecular formula is C22H20F3N3O11S. The zero-order chi connectivity index (χ0) is 30.2. The van der Waals surface area contributed by atoms with Gasteiger partial charge in [-0.2, -0.15) is 13.2 Å². The Morgan fingerprint density at radius 3 is 2.17 bits per heavy atom. The zero-order valence-corrected chi connectivity index (χ0v) is 21.0. The van der Waals surface area contributed by atoms with Gasteiger partial charge in [0.15, 0.2) is 15.2 Å². The van der Waals surface area contributed by atoms with Crippen LogP contribution < -0.4 is 10.6 Å². The molecule has 4 N–H and O–H groups in total. The number of β-lactam (4-membered cyclic amide) rings is 1. The van der Waals surface area contributed by atoms with E-state index in [2.05, 4.69) is 5.32 Å². The van der Waals surface area contributed by atoms with Crippen molar-refractivity contribution in [3.8, 4) is 0 Å². The van der Waals surface area contributed by atoms with E-state index in [0.717, 1.165) is 6.92 Å². The number of alkyl halides is 3. The van der Waals surface area contributed by atoms with Crippen LogP contribution >= 0.6 is 0 Å². The maximum absolute atomic E-state index is 13.6. The second-order valence-corrected chi connectivity index (χ2v) is 10.8. The largest absolute Gasteiger partial charge is 0.480 e. The molecular weight excluding hydrogens is 571 g/mol. The fourth-order valence-electron chi connectivity index (χ4n) is 4.15. The average molecular weight is 591 g/mol. The number of halogens is 3. The fourth-order valence-corrected chi connectivity index (χ4v) is 6.56. The number of rotatable bonds is 9. The van der Waals surface area contributed by atoms with Gasteiger partial charge in [-0.1, -0.05) is 12.1 Å². The predicted octanol–water partition coefficient (Wildman–Crippen LogP) is -1.04. The topological polar surface area (TPSA) is 214 Å². The van der Waals surface area contributed by atoms with Crippen LogP contribution in [0.2, 0.25) is 0 Å². The molecule has 3 rings (SSSR count). The molecule has 3 atom stereocenters. The quantitative estimate of drug-likeness (QED) is 0.201. The monoisotopic (exact) mass is 591 g/mol. The Balaban J connectivity index is 2.03. The van der Waals surface area contributed by atoms with Crippen LogP contribution in [-0.2, 0) is 45.0 Å². The number of amides is 3. The van der Waals surface area contributed by atoms with E-state index in [1.165, 1.54) is 29.6 Å². The molecule has 0 radical (unpaired) electrons. The number of ether oxygens (including phenoxy) is 1. The van der Waals surface area contributed by atoms with Gasteiger partial charge in [0.1, 0.15) is 24.9 Å². The molecule has 1 aromatic rings. The van der Waals surface area contributed by atoms with E-state index < -0.39 is 99.2 Å².